The Kier molecular flexibility index (Phi) is 4.71. The van der Waals surface area contributed by atoms with Crippen molar-refractivity contribution in [3.63, 3.8) is 0 Å². The maximum Gasteiger partial charge on any atom is 0.273 e. The van der Waals surface area contributed by atoms with Crippen molar-refractivity contribution in [1.82, 2.24) is 10.5 Å². The Hall–Kier alpha value is -1.36. The summed E-state index contributed by atoms with van der Waals surface area (Å²) >= 11 is 0. The molecule has 0 saturated carbocycles. The molecule has 0 fully saturated rings. The first-order valence-electron chi connectivity index (χ1n) is 7.76. The lowest BCUT2D eigenvalue weighted by Crippen LogP contribution is -2.43. The summed E-state index contributed by atoms with van der Waals surface area (Å²) < 4.78 is 5.27. The molecular weight excluding hydrogens is 268 g/mol. The Balaban J connectivity index is 2.01. The molecule has 1 aromatic heterocycles. The first kappa shape index (κ1) is 16.0. The minimum absolute atomic E-state index is 0.150. The highest BCUT2D eigenvalue weighted by Crippen LogP contribution is 2.26. The summed E-state index contributed by atoms with van der Waals surface area (Å²) in [5.74, 6) is 0.801. The topological polar surface area (TPSA) is 75.4 Å². The molecule has 1 aliphatic carbocycles. The van der Waals surface area contributed by atoms with E-state index >= 15 is 0 Å². The molecule has 118 valence electrons. The number of aryl methyl sites for hydroxylation is 1. The fourth-order valence-corrected chi connectivity index (χ4v) is 2.96. The van der Waals surface area contributed by atoms with Gasteiger partial charge < -0.3 is 14.9 Å². The number of carbonyl (C=O) groups excluding carboxylic acids is 1. The highest BCUT2D eigenvalue weighted by atomic mass is 16.5. The zero-order valence-electron chi connectivity index (χ0n) is 13.4. The standard InChI is InChI=1S/C16H26N2O3/c1-10(2)14(19)16(3,4)9-17-15(20)13-11-7-5-6-8-12(11)21-18-13/h10,14,19H,5-9H2,1-4H3,(H,17,20). The summed E-state index contributed by atoms with van der Waals surface area (Å²) in [5.41, 5.74) is 0.994. The molecule has 1 unspecified atom stereocenters. The molecular formula is C16H26N2O3. The van der Waals surface area contributed by atoms with E-state index in [2.05, 4.69) is 10.5 Å². The van der Waals surface area contributed by atoms with Crippen LogP contribution in [0.2, 0.25) is 0 Å². The van der Waals surface area contributed by atoms with Gasteiger partial charge in [-0.15, -0.1) is 0 Å². The normalized spacial score (nSPS) is 16.7. The predicted molar refractivity (Wildman–Crippen MR) is 80.1 cm³/mol. The van der Waals surface area contributed by atoms with Crippen LogP contribution in [0.15, 0.2) is 4.52 Å². The van der Waals surface area contributed by atoms with Crippen LogP contribution in [0, 0.1) is 11.3 Å². The number of aliphatic hydroxyl groups excluding tert-OH is 1. The minimum Gasteiger partial charge on any atom is -0.392 e. The maximum absolute atomic E-state index is 12.3. The van der Waals surface area contributed by atoms with Gasteiger partial charge in [0.2, 0.25) is 0 Å². The van der Waals surface area contributed by atoms with Crippen LogP contribution in [-0.4, -0.2) is 28.8 Å². The van der Waals surface area contributed by atoms with Crippen LogP contribution < -0.4 is 5.32 Å². The van der Waals surface area contributed by atoms with Gasteiger partial charge in [-0.05, 0) is 25.2 Å². The molecule has 1 heterocycles. The average Bonchev–Trinajstić information content (AvgIpc) is 2.88. The van der Waals surface area contributed by atoms with Crippen LogP contribution >= 0.6 is 0 Å². The number of amides is 1. The molecule has 0 aliphatic heterocycles. The Labute approximate surface area is 126 Å². The van der Waals surface area contributed by atoms with Crippen LogP contribution in [0.5, 0.6) is 0 Å². The molecule has 1 aromatic rings. The zero-order chi connectivity index (χ0) is 15.6. The van der Waals surface area contributed by atoms with Gasteiger partial charge in [0.15, 0.2) is 5.69 Å². The van der Waals surface area contributed by atoms with Crippen LogP contribution in [0.25, 0.3) is 0 Å². The number of nitrogens with zero attached hydrogens (tertiary/aromatic N) is 1. The van der Waals surface area contributed by atoms with Gasteiger partial charge in [0.1, 0.15) is 5.76 Å². The van der Waals surface area contributed by atoms with Crippen molar-refractivity contribution in [2.45, 2.75) is 59.5 Å². The van der Waals surface area contributed by atoms with E-state index in [9.17, 15) is 9.90 Å². The molecule has 5 nitrogen and oxygen atoms in total. The van der Waals surface area contributed by atoms with E-state index in [0.717, 1.165) is 37.0 Å². The maximum atomic E-state index is 12.3. The molecule has 5 heteroatoms. The summed E-state index contributed by atoms with van der Waals surface area (Å²) in [7, 11) is 0. The Bertz CT molecular complexity index is 506. The van der Waals surface area contributed by atoms with Gasteiger partial charge in [0, 0.05) is 23.9 Å². The van der Waals surface area contributed by atoms with E-state index in [4.69, 9.17) is 4.52 Å². The highest BCUT2D eigenvalue weighted by Gasteiger charge is 2.31. The molecule has 2 N–H and O–H groups in total. The largest absolute Gasteiger partial charge is 0.392 e. The molecule has 1 aliphatic rings. The van der Waals surface area contributed by atoms with Crippen molar-refractivity contribution >= 4 is 5.91 Å². The highest BCUT2D eigenvalue weighted by molar-refractivity contribution is 5.93. The molecule has 0 aromatic carbocycles. The van der Waals surface area contributed by atoms with Gasteiger partial charge in [0.25, 0.3) is 5.91 Å². The first-order valence-corrected chi connectivity index (χ1v) is 7.76. The minimum atomic E-state index is -0.468. The van der Waals surface area contributed by atoms with Gasteiger partial charge in [-0.1, -0.05) is 32.9 Å². The van der Waals surface area contributed by atoms with E-state index in [-0.39, 0.29) is 17.2 Å². The Morgan fingerprint density at radius 3 is 2.71 bits per heavy atom. The first-order chi connectivity index (χ1) is 9.83. The third kappa shape index (κ3) is 3.46. The van der Waals surface area contributed by atoms with Crippen LogP contribution in [0.3, 0.4) is 0 Å². The molecule has 21 heavy (non-hydrogen) atoms. The lowest BCUT2D eigenvalue weighted by atomic mass is 9.80. The number of nitrogens with one attached hydrogen (secondary N) is 1. The van der Waals surface area contributed by atoms with Crippen molar-refractivity contribution in [2.24, 2.45) is 11.3 Å². The van der Waals surface area contributed by atoms with Crippen LogP contribution in [-0.2, 0) is 12.8 Å². The fraction of sp³-hybridized carbons (Fsp3) is 0.750. The van der Waals surface area contributed by atoms with E-state index < -0.39 is 6.10 Å². The number of rotatable bonds is 5. The molecule has 0 saturated heterocycles. The SMILES string of the molecule is CC(C)C(O)C(C)(C)CNC(=O)c1noc2c1CCCC2. The summed E-state index contributed by atoms with van der Waals surface area (Å²) in [6.07, 6.45) is 3.43. The lowest BCUT2D eigenvalue weighted by Gasteiger charge is -2.33. The number of hydrogen-bond acceptors (Lipinski definition) is 4. The van der Waals surface area contributed by atoms with Gasteiger partial charge >= 0.3 is 0 Å². The third-order valence-corrected chi connectivity index (χ3v) is 4.30. The monoisotopic (exact) mass is 294 g/mol. The number of aliphatic hydroxyl groups is 1. The second-order valence-electron chi connectivity index (χ2n) is 7.00. The summed E-state index contributed by atoms with van der Waals surface area (Å²) in [6, 6.07) is 0. The average molecular weight is 294 g/mol. The van der Waals surface area contributed by atoms with Crippen LogP contribution in [0.4, 0.5) is 0 Å². The molecule has 0 radical (unpaired) electrons. The van der Waals surface area contributed by atoms with Crippen molar-refractivity contribution < 1.29 is 14.4 Å². The van der Waals surface area contributed by atoms with Gasteiger partial charge in [0.05, 0.1) is 6.10 Å². The quantitative estimate of drug-likeness (QED) is 0.874. The molecule has 1 amide bonds. The van der Waals surface area contributed by atoms with Gasteiger partial charge in [-0.2, -0.15) is 0 Å². The summed E-state index contributed by atoms with van der Waals surface area (Å²) in [5, 5.41) is 17.0. The van der Waals surface area contributed by atoms with Crippen molar-refractivity contribution in [3.05, 3.63) is 17.0 Å². The van der Waals surface area contributed by atoms with E-state index in [0.29, 0.717) is 12.2 Å². The second kappa shape index (κ2) is 6.18. The summed E-state index contributed by atoms with van der Waals surface area (Å²) in [6.45, 7) is 8.27. The second-order valence-corrected chi connectivity index (χ2v) is 7.00. The van der Waals surface area contributed by atoms with Crippen molar-refractivity contribution in [2.75, 3.05) is 6.54 Å². The summed E-state index contributed by atoms with van der Waals surface area (Å²) in [4.78, 5) is 12.3. The number of aromatic nitrogens is 1. The van der Waals surface area contributed by atoms with Gasteiger partial charge in [-0.3, -0.25) is 4.79 Å². The number of fused-ring (bicyclic) bond motifs is 1. The van der Waals surface area contributed by atoms with Crippen LogP contribution in [0.1, 0.15) is 62.3 Å². The predicted octanol–water partition coefficient (Wildman–Crippen LogP) is 2.33. The van der Waals surface area contributed by atoms with E-state index in [1.54, 1.807) is 0 Å². The van der Waals surface area contributed by atoms with E-state index in [1.807, 2.05) is 27.7 Å². The molecule has 0 spiro atoms. The fourth-order valence-electron chi connectivity index (χ4n) is 2.96. The van der Waals surface area contributed by atoms with E-state index in [1.165, 1.54) is 0 Å². The molecule has 0 bridgehead atoms. The third-order valence-electron chi connectivity index (χ3n) is 4.30. The lowest BCUT2D eigenvalue weighted by molar-refractivity contribution is 0.0137. The Morgan fingerprint density at radius 1 is 1.38 bits per heavy atom. The zero-order valence-corrected chi connectivity index (χ0v) is 13.4. The van der Waals surface area contributed by atoms with Gasteiger partial charge in [-0.25, -0.2) is 0 Å². The number of carbonyl (C=O) groups is 1. The van der Waals surface area contributed by atoms with Crippen molar-refractivity contribution in [1.29, 1.82) is 0 Å². The smallest absolute Gasteiger partial charge is 0.273 e. The molecule has 1 atom stereocenters. The van der Waals surface area contributed by atoms with Crippen molar-refractivity contribution in [3.8, 4) is 0 Å². The Morgan fingerprint density at radius 2 is 2.05 bits per heavy atom. The molecule has 2 rings (SSSR count). The number of hydrogen-bond donors (Lipinski definition) is 2.